The molecule has 4 aromatic rings. The van der Waals surface area contributed by atoms with Crippen molar-refractivity contribution in [2.45, 2.75) is 238 Å². The number of hydrogen-bond donors (Lipinski definition) is 1. The molecule has 0 bridgehead atoms. The number of hydrogen-bond acceptors (Lipinski definition) is 8. The minimum Gasteiger partial charge on any atom is -0.490 e. The van der Waals surface area contributed by atoms with Gasteiger partial charge in [-0.15, -0.1) is 0 Å². The molecule has 4 aromatic carbocycles. The fourth-order valence-electron chi connectivity index (χ4n) is 9.23. The Morgan fingerprint density at radius 1 is 0.338 bits per heavy atom. The van der Waals surface area contributed by atoms with Crippen molar-refractivity contribution in [2.24, 2.45) is 0 Å². The summed E-state index contributed by atoms with van der Waals surface area (Å²) in [5, 5.41) is -0.279. The first-order chi connectivity index (χ1) is 36.4. The molecule has 4 rings (SSSR count). The van der Waals surface area contributed by atoms with Crippen molar-refractivity contribution in [1.82, 2.24) is 0 Å². The highest BCUT2D eigenvalue weighted by Gasteiger charge is 2.17. The van der Waals surface area contributed by atoms with Gasteiger partial charge in [0.2, 0.25) is 0 Å². The molecule has 0 spiro atoms. The molecule has 0 aliphatic carbocycles. The Kier molecular flexibility index (Phi) is 35.0. The van der Waals surface area contributed by atoms with Crippen LogP contribution < -0.4 is 28.4 Å². The lowest BCUT2D eigenvalue weighted by Crippen LogP contribution is -2.06. The van der Waals surface area contributed by atoms with Gasteiger partial charge in [0, 0.05) is 17.0 Å². The molecule has 0 amide bonds. The van der Waals surface area contributed by atoms with Gasteiger partial charge in [0.25, 0.3) is 0 Å². The minimum absolute atomic E-state index is 0.279. The maximum absolute atomic E-state index is 6.39. The van der Waals surface area contributed by atoms with Crippen LogP contribution >= 0.6 is 24.8 Å². The van der Waals surface area contributed by atoms with E-state index in [0.29, 0.717) is 37.9 Å². The Balaban J connectivity index is 1.31. The minimum atomic E-state index is -0.279. The van der Waals surface area contributed by atoms with Crippen LogP contribution in [0.1, 0.15) is 250 Å². The largest absolute Gasteiger partial charge is 0.490 e. The van der Waals surface area contributed by atoms with Gasteiger partial charge in [-0.25, -0.2) is 0 Å². The van der Waals surface area contributed by atoms with Crippen LogP contribution in [0.3, 0.4) is 0 Å². The van der Waals surface area contributed by atoms with Crippen molar-refractivity contribution in [1.29, 1.82) is 0 Å². The highest BCUT2D eigenvalue weighted by molar-refractivity contribution is 7.86. The molecule has 0 fully saturated rings. The van der Waals surface area contributed by atoms with Crippen molar-refractivity contribution in [3.63, 3.8) is 0 Å². The summed E-state index contributed by atoms with van der Waals surface area (Å²) >= 11 is 11.0. The number of benzene rings is 4. The number of thiol groups is 1. The van der Waals surface area contributed by atoms with E-state index < -0.39 is 0 Å². The highest BCUT2D eigenvalue weighted by Crippen LogP contribution is 2.37. The van der Waals surface area contributed by atoms with Crippen molar-refractivity contribution in [3.05, 3.63) is 96.1 Å². The van der Waals surface area contributed by atoms with Gasteiger partial charge in [-0.05, 0) is 85.3 Å². The lowest BCUT2D eigenvalue weighted by atomic mass is 10.0. The Hall–Kier alpha value is -3.88. The molecule has 0 N–H and O–H groups in total. The standard InChI is InChI=1S/C66H100O6S2/c1-5-9-13-17-21-25-29-33-49-67-61-47-45-59(53-63(61)69-51-35-31-27-23-19-15-11-7-3)71-57-41-37-55(38-42-57)65(73)66(74)56-39-43-58(44-40-56)72-60-46-48-62(68-50-34-30-26-22-18-14-10-6-2)64(54-60)70-52-36-32-28-24-20-16-12-8-4/h37-48,53-54,65,73H,5-36,49-52H2,1-4H3. The van der Waals surface area contributed by atoms with Crippen LogP contribution in [0.4, 0.5) is 0 Å². The SMILES string of the molecule is CCCCCCCCCCOc1ccc(Oc2ccc(C(=S)C(S)c3ccc(Oc4ccc(OCCCCCCCCCC)c(OCCCCCCCCCC)c4)cc3)cc2)cc1OCCCCCCCCCC. The first kappa shape index (κ1) is 62.7. The fraction of sp³-hybridized carbons (Fsp3) is 0.621. The van der Waals surface area contributed by atoms with Crippen molar-refractivity contribution >= 4 is 29.7 Å². The Labute approximate surface area is 462 Å². The van der Waals surface area contributed by atoms with Crippen LogP contribution in [-0.2, 0) is 0 Å². The van der Waals surface area contributed by atoms with Crippen LogP contribution in [0.5, 0.6) is 46.0 Å². The Morgan fingerprint density at radius 3 is 0.932 bits per heavy atom. The van der Waals surface area contributed by atoms with Crippen molar-refractivity contribution < 1.29 is 28.4 Å². The molecule has 1 unspecified atom stereocenters. The average molecular weight is 1050 g/mol. The van der Waals surface area contributed by atoms with E-state index in [-0.39, 0.29) is 5.25 Å². The zero-order chi connectivity index (χ0) is 52.5. The van der Waals surface area contributed by atoms with E-state index in [1.807, 2.05) is 84.9 Å². The maximum atomic E-state index is 6.39. The lowest BCUT2D eigenvalue weighted by molar-refractivity contribution is 0.257. The summed E-state index contributed by atoms with van der Waals surface area (Å²) in [6.07, 6.45) is 40.5. The number of unbranched alkanes of at least 4 members (excludes halogenated alkanes) is 28. The number of ether oxygens (including phenoxy) is 6. The van der Waals surface area contributed by atoms with Crippen LogP contribution in [0.15, 0.2) is 84.9 Å². The molecule has 0 radical (unpaired) electrons. The van der Waals surface area contributed by atoms with Gasteiger partial charge >= 0.3 is 0 Å². The van der Waals surface area contributed by atoms with Crippen LogP contribution in [0.25, 0.3) is 0 Å². The molecular weight excluding hydrogens is 953 g/mol. The molecule has 0 saturated heterocycles. The third-order valence-corrected chi connectivity index (χ3v) is 15.1. The van der Waals surface area contributed by atoms with E-state index in [0.717, 1.165) is 76.2 Å². The second-order valence-electron chi connectivity index (χ2n) is 20.6. The molecule has 74 heavy (non-hydrogen) atoms. The van der Waals surface area contributed by atoms with Gasteiger partial charge < -0.3 is 28.4 Å². The predicted octanol–water partition coefficient (Wildman–Crippen LogP) is 21.7. The van der Waals surface area contributed by atoms with E-state index in [2.05, 4.69) is 27.7 Å². The van der Waals surface area contributed by atoms with Gasteiger partial charge in [-0.2, -0.15) is 12.6 Å². The topological polar surface area (TPSA) is 55.4 Å². The van der Waals surface area contributed by atoms with E-state index in [1.165, 1.54) is 180 Å². The summed E-state index contributed by atoms with van der Waals surface area (Å²) in [7, 11) is 0. The molecule has 0 aliphatic heterocycles. The second-order valence-corrected chi connectivity index (χ2v) is 21.5. The molecule has 1 atom stereocenters. The van der Waals surface area contributed by atoms with E-state index in [4.69, 9.17) is 53.3 Å². The monoisotopic (exact) mass is 1050 g/mol. The summed E-state index contributed by atoms with van der Waals surface area (Å²) in [5.41, 5.74) is 1.92. The number of rotatable bonds is 47. The first-order valence-corrected chi connectivity index (χ1v) is 30.9. The van der Waals surface area contributed by atoms with Gasteiger partial charge in [-0.3, -0.25) is 0 Å². The smallest absolute Gasteiger partial charge is 0.164 e. The van der Waals surface area contributed by atoms with Gasteiger partial charge in [-0.1, -0.05) is 244 Å². The third kappa shape index (κ3) is 27.3. The van der Waals surface area contributed by atoms with Crippen LogP contribution in [-0.4, -0.2) is 31.3 Å². The zero-order valence-corrected chi connectivity index (χ0v) is 48.6. The van der Waals surface area contributed by atoms with Gasteiger partial charge in [0.15, 0.2) is 23.0 Å². The van der Waals surface area contributed by atoms with E-state index in [1.54, 1.807) is 0 Å². The molecule has 0 aromatic heterocycles. The molecule has 8 heteroatoms. The highest BCUT2D eigenvalue weighted by atomic mass is 32.1. The summed E-state index contributed by atoms with van der Waals surface area (Å²) in [4.78, 5) is 0.740. The van der Waals surface area contributed by atoms with Crippen molar-refractivity contribution in [3.8, 4) is 46.0 Å². The summed E-state index contributed by atoms with van der Waals surface area (Å²) in [6, 6.07) is 27.8. The summed E-state index contributed by atoms with van der Waals surface area (Å²) < 4.78 is 38.1. The Morgan fingerprint density at radius 2 is 0.608 bits per heavy atom. The van der Waals surface area contributed by atoms with Crippen LogP contribution in [0.2, 0.25) is 0 Å². The normalized spacial score (nSPS) is 11.6. The first-order valence-electron chi connectivity index (χ1n) is 30.0. The molecule has 0 aliphatic rings. The molecule has 0 heterocycles. The Bertz CT molecular complexity index is 2000. The number of thiocarbonyl (C=S) groups is 1. The van der Waals surface area contributed by atoms with Crippen LogP contribution in [0, 0.1) is 0 Å². The summed E-state index contributed by atoms with van der Waals surface area (Å²) in [6.45, 7) is 11.8. The summed E-state index contributed by atoms with van der Waals surface area (Å²) in [5.74, 6) is 5.93. The van der Waals surface area contributed by atoms with E-state index >= 15 is 0 Å². The van der Waals surface area contributed by atoms with Crippen molar-refractivity contribution in [2.75, 3.05) is 26.4 Å². The maximum Gasteiger partial charge on any atom is 0.164 e. The van der Waals surface area contributed by atoms with E-state index in [9.17, 15) is 0 Å². The molecular formula is C66H100O6S2. The van der Waals surface area contributed by atoms with Gasteiger partial charge in [0.1, 0.15) is 23.0 Å². The predicted molar refractivity (Wildman–Crippen MR) is 322 cm³/mol. The third-order valence-electron chi connectivity index (χ3n) is 13.9. The van der Waals surface area contributed by atoms with Gasteiger partial charge in [0.05, 0.1) is 31.7 Å². The molecule has 412 valence electrons. The lowest BCUT2D eigenvalue weighted by Gasteiger charge is -2.16. The fourth-order valence-corrected chi connectivity index (χ4v) is 9.82. The average Bonchev–Trinajstić information content (AvgIpc) is 3.42. The molecule has 6 nitrogen and oxygen atoms in total. The quantitative estimate of drug-likeness (QED) is 0.0205. The molecule has 0 saturated carbocycles. The zero-order valence-electron chi connectivity index (χ0n) is 46.9. The second kappa shape index (κ2) is 41.3.